The molecule has 1 N–H and O–H groups in total. The lowest BCUT2D eigenvalue weighted by molar-refractivity contribution is -0.147. The minimum Gasteiger partial charge on any atom is -0.455 e. The number of aromatic nitrogens is 1. The number of esters is 1. The van der Waals surface area contributed by atoms with Gasteiger partial charge < -0.3 is 14.6 Å². The summed E-state index contributed by atoms with van der Waals surface area (Å²) in [7, 11) is 0. The Morgan fingerprint density at radius 1 is 1.38 bits per heavy atom. The predicted octanol–water partition coefficient (Wildman–Crippen LogP) is 0.890. The number of hydrogen-bond donors (Lipinski definition) is 1. The second-order valence-corrected chi connectivity index (χ2v) is 7.02. The number of carbonyl (C=O) groups is 3. The molecule has 0 aliphatic carbocycles. The van der Waals surface area contributed by atoms with E-state index in [-0.39, 0.29) is 18.9 Å². The summed E-state index contributed by atoms with van der Waals surface area (Å²) < 4.78 is 10.6. The van der Waals surface area contributed by atoms with Crippen LogP contribution in [-0.2, 0) is 25.5 Å². The Bertz CT molecular complexity index is 850. The Morgan fingerprint density at radius 2 is 2.19 bits per heavy atom. The average Bonchev–Trinajstić information content (AvgIpc) is 3.18. The zero-order valence-corrected chi connectivity index (χ0v) is 15.2. The number of thioether (sulfide) groups is 1. The van der Waals surface area contributed by atoms with E-state index in [0.717, 1.165) is 5.39 Å². The third-order valence-corrected chi connectivity index (χ3v) is 5.06. The van der Waals surface area contributed by atoms with Gasteiger partial charge in [0.25, 0.3) is 5.91 Å². The lowest BCUT2D eigenvalue weighted by atomic mass is 10.2. The molecule has 2 amide bonds. The van der Waals surface area contributed by atoms with Crippen molar-refractivity contribution in [2.24, 2.45) is 0 Å². The molecule has 0 radical (unpaired) electrons. The lowest BCUT2D eigenvalue weighted by Gasteiger charge is -2.15. The number of hydrogen-bond acceptors (Lipinski definition) is 8. The molecule has 0 spiro atoms. The van der Waals surface area contributed by atoms with E-state index in [0.29, 0.717) is 27.9 Å². The smallest absolute Gasteiger partial charge is 0.312 e. The van der Waals surface area contributed by atoms with Crippen LogP contribution >= 0.6 is 24.0 Å². The molecule has 2 heterocycles. The summed E-state index contributed by atoms with van der Waals surface area (Å²) in [5.74, 6) is -0.762. The topological polar surface area (TPSA) is 102 Å². The molecular formula is C16H15N3O5S2. The molecule has 26 heavy (non-hydrogen) atoms. The van der Waals surface area contributed by atoms with Gasteiger partial charge in [-0.05, 0) is 12.1 Å². The van der Waals surface area contributed by atoms with E-state index in [2.05, 4.69) is 10.5 Å². The van der Waals surface area contributed by atoms with Crippen molar-refractivity contribution in [3.63, 3.8) is 0 Å². The number of rotatable bonds is 7. The Balaban J connectivity index is 1.39. The summed E-state index contributed by atoms with van der Waals surface area (Å²) in [5.41, 5.74) is 1.05. The van der Waals surface area contributed by atoms with E-state index in [1.54, 1.807) is 18.2 Å². The minimum absolute atomic E-state index is 0.0690. The minimum atomic E-state index is -0.577. The van der Waals surface area contributed by atoms with Crippen LogP contribution in [0.2, 0.25) is 0 Å². The molecule has 0 bridgehead atoms. The van der Waals surface area contributed by atoms with Crippen LogP contribution in [0, 0.1) is 0 Å². The standard InChI is InChI=1S/C16H15N3O5S2/c20-13(17-5-6-19-14(21)9-26-16(19)25)8-23-15(22)7-11-10-3-1-2-4-12(10)24-18-11/h1-4H,5-9H2,(H,17,20). The summed E-state index contributed by atoms with van der Waals surface area (Å²) in [6.07, 6.45) is -0.0853. The molecule has 1 saturated heterocycles. The van der Waals surface area contributed by atoms with Gasteiger partial charge in [0, 0.05) is 18.5 Å². The number of para-hydroxylation sites is 1. The Hall–Kier alpha value is -2.46. The van der Waals surface area contributed by atoms with Crippen LogP contribution in [0.15, 0.2) is 28.8 Å². The molecule has 2 aromatic rings. The Morgan fingerprint density at radius 3 is 2.96 bits per heavy atom. The molecule has 0 atom stereocenters. The van der Waals surface area contributed by atoms with E-state index in [1.165, 1.54) is 16.7 Å². The monoisotopic (exact) mass is 393 g/mol. The first-order valence-corrected chi connectivity index (χ1v) is 9.16. The molecule has 1 aromatic heterocycles. The highest BCUT2D eigenvalue weighted by Crippen LogP contribution is 2.19. The summed E-state index contributed by atoms with van der Waals surface area (Å²) in [4.78, 5) is 36.6. The number of benzene rings is 1. The average molecular weight is 393 g/mol. The first-order chi connectivity index (χ1) is 12.5. The van der Waals surface area contributed by atoms with Gasteiger partial charge in [0.15, 0.2) is 12.2 Å². The molecule has 10 heteroatoms. The molecule has 1 aromatic carbocycles. The fourth-order valence-electron chi connectivity index (χ4n) is 2.35. The number of fused-ring (bicyclic) bond motifs is 1. The van der Waals surface area contributed by atoms with Gasteiger partial charge in [-0.2, -0.15) is 0 Å². The normalized spacial score (nSPS) is 14.1. The second kappa shape index (κ2) is 8.28. The van der Waals surface area contributed by atoms with Crippen LogP contribution in [0.1, 0.15) is 5.69 Å². The highest BCUT2D eigenvalue weighted by molar-refractivity contribution is 8.23. The van der Waals surface area contributed by atoms with Crippen molar-refractivity contribution in [2.75, 3.05) is 25.4 Å². The molecule has 1 fully saturated rings. The number of nitrogens with one attached hydrogen (secondary N) is 1. The molecule has 8 nitrogen and oxygen atoms in total. The maximum atomic E-state index is 11.9. The number of thiocarbonyl (C=S) groups is 1. The maximum absolute atomic E-state index is 11.9. The SMILES string of the molecule is O=C(COC(=O)Cc1noc2ccccc12)NCCN1C(=O)CSC1=S. The van der Waals surface area contributed by atoms with E-state index >= 15 is 0 Å². The van der Waals surface area contributed by atoms with Gasteiger partial charge in [0.05, 0.1) is 12.2 Å². The van der Waals surface area contributed by atoms with Crippen molar-refractivity contribution in [1.29, 1.82) is 0 Å². The fraction of sp³-hybridized carbons (Fsp3) is 0.312. The van der Waals surface area contributed by atoms with Gasteiger partial charge in [-0.1, -0.05) is 41.3 Å². The largest absolute Gasteiger partial charge is 0.455 e. The summed E-state index contributed by atoms with van der Waals surface area (Å²) in [6.45, 7) is 0.133. The van der Waals surface area contributed by atoms with Crippen LogP contribution < -0.4 is 5.32 Å². The van der Waals surface area contributed by atoms with Crippen molar-refractivity contribution in [3.8, 4) is 0 Å². The summed E-state index contributed by atoms with van der Waals surface area (Å²) in [6, 6.07) is 7.17. The van der Waals surface area contributed by atoms with Crippen LogP contribution in [-0.4, -0.2) is 57.6 Å². The third kappa shape index (κ3) is 4.38. The van der Waals surface area contributed by atoms with E-state index < -0.39 is 18.5 Å². The van der Waals surface area contributed by atoms with E-state index in [9.17, 15) is 14.4 Å². The highest BCUT2D eigenvalue weighted by Gasteiger charge is 2.26. The predicted molar refractivity (Wildman–Crippen MR) is 98.5 cm³/mol. The number of carbonyl (C=O) groups excluding carboxylic acids is 3. The van der Waals surface area contributed by atoms with Crippen LogP contribution in [0.4, 0.5) is 0 Å². The van der Waals surface area contributed by atoms with Crippen LogP contribution in [0.25, 0.3) is 11.0 Å². The summed E-state index contributed by atoms with van der Waals surface area (Å²) in [5, 5.41) is 7.16. The highest BCUT2D eigenvalue weighted by atomic mass is 32.2. The Labute approximate surface area is 158 Å². The molecule has 136 valence electrons. The lowest BCUT2D eigenvalue weighted by Crippen LogP contribution is -2.38. The maximum Gasteiger partial charge on any atom is 0.312 e. The van der Waals surface area contributed by atoms with Crippen molar-refractivity contribution in [3.05, 3.63) is 30.0 Å². The van der Waals surface area contributed by atoms with E-state index in [1.807, 2.05) is 6.07 Å². The number of amides is 2. The molecule has 1 aliphatic rings. The van der Waals surface area contributed by atoms with Crippen molar-refractivity contribution in [2.45, 2.75) is 6.42 Å². The van der Waals surface area contributed by atoms with Crippen molar-refractivity contribution >= 4 is 57.1 Å². The van der Waals surface area contributed by atoms with Crippen LogP contribution in [0.5, 0.6) is 0 Å². The van der Waals surface area contributed by atoms with Gasteiger partial charge in [0.2, 0.25) is 5.91 Å². The number of ether oxygens (including phenoxy) is 1. The van der Waals surface area contributed by atoms with Gasteiger partial charge in [-0.3, -0.25) is 19.3 Å². The van der Waals surface area contributed by atoms with Gasteiger partial charge >= 0.3 is 5.97 Å². The molecule has 0 saturated carbocycles. The molecule has 1 aliphatic heterocycles. The zero-order valence-electron chi connectivity index (χ0n) is 13.6. The van der Waals surface area contributed by atoms with Crippen LogP contribution in [0.3, 0.4) is 0 Å². The molecule has 0 unspecified atom stereocenters. The van der Waals surface area contributed by atoms with Gasteiger partial charge in [-0.25, -0.2) is 0 Å². The quantitative estimate of drug-likeness (QED) is 0.547. The Kier molecular flexibility index (Phi) is 5.84. The fourth-order valence-corrected chi connectivity index (χ4v) is 3.48. The third-order valence-electron chi connectivity index (χ3n) is 3.63. The molecule has 3 rings (SSSR count). The summed E-state index contributed by atoms with van der Waals surface area (Å²) >= 11 is 6.34. The van der Waals surface area contributed by atoms with Gasteiger partial charge in [0.1, 0.15) is 10.0 Å². The van der Waals surface area contributed by atoms with Crippen molar-refractivity contribution < 1.29 is 23.6 Å². The van der Waals surface area contributed by atoms with Gasteiger partial charge in [-0.15, -0.1) is 0 Å². The number of nitrogens with zero attached hydrogens (tertiary/aromatic N) is 2. The van der Waals surface area contributed by atoms with Crippen molar-refractivity contribution in [1.82, 2.24) is 15.4 Å². The first-order valence-electron chi connectivity index (χ1n) is 7.77. The first kappa shape index (κ1) is 18.3. The zero-order chi connectivity index (χ0) is 18.5. The van der Waals surface area contributed by atoms with E-state index in [4.69, 9.17) is 21.5 Å². The second-order valence-electron chi connectivity index (χ2n) is 5.41. The molecular weight excluding hydrogens is 378 g/mol.